The first kappa shape index (κ1) is 19.3. The summed E-state index contributed by atoms with van der Waals surface area (Å²) in [6, 6.07) is 16.0. The fraction of sp³-hybridized carbons (Fsp3) is 0.435. The molecule has 1 fully saturated rings. The molecule has 4 heteroatoms. The van der Waals surface area contributed by atoms with Crippen LogP contribution in [0.4, 0.5) is 5.69 Å². The van der Waals surface area contributed by atoms with Crippen molar-refractivity contribution in [2.24, 2.45) is 0 Å². The number of anilines is 1. The summed E-state index contributed by atoms with van der Waals surface area (Å²) < 4.78 is 0. The summed E-state index contributed by atoms with van der Waals surface area (Å²) in [7, 11) is 0. The molecule has 0 spiro atoms. The minimum absolute atomic E-state index is 0.154. The monoisotopic (exact) mass is 366 g/mol. The number of nitrogens with zero attached hydrogens (tertiary/aromatic N) is 2. The van der Waals surface area contributed by atoms with E-state index in [2.05, 4.69) is 49.9 Å². The third kappa shape index (κ3) is 4.82. The number of phenols is 1. The number of aryl methyl sites for hydroxylation is 1. The normalized spacial score (nSPS) is 15.1. The number of rotatable bonds is 4. The van der Waals surface area contributed by atoms with E-state index < -0.39 is 0 Å². The Morgan fingerprint density at radius 2 is 1.59 bits per heavy atom. The summed E-state index contributed by atoms with van der Waals surface area (Å²) in [5.74, 6) is 0.516. The number of hydrogen-bond donors (Lipinski definition) is 1. The summed E-state index contributed by atoms with van der Waals surface area (Å²) in [6.45, 7) is 9.54. The van der Waals surface area contributed by atoms with Crippen LogP contribution in [0.2, 0.25) is 0 Å². The molecule has 1 amide bonds. The SMILES string of the molecule is CC(C)(C)c1ccc(CCC(=O)N2CCN(c3ccccc3O)CC2)cc1. The molecule has 1 heterocycles. The molecular weight excluding hydrogens is 336 g/mol. The molecule has 3 rings (SSSR count). The van der Waals surface area contributed by atoms with Crippen LogP contribution in [0.15, 0.2) is 48.5 Å². The number of piperazine rings is 1. The van der Waals surface area contributed by atoms with Gasteiger partial charge in [0.25, 0.3) is 0 Å². The van der Waals surface area contributed by atoms with Gasteiger partial charge in [0.1, 0.15) is 5.75 Å². The van der Waals surface area contributed by atoms with E-state index in [1.54, 1.807) is 6.07 Å². The van der Waals surface area contributed by atoms with Crippen LogP contribution in [0.5, 0.6) is 5.75 Å². The van der Waals surface area contributed by atoms with Crippen molar-refractivity contribution in [3.63, 3.8) is 0 Å². The van der Waals surface area contributed by atoms with Crippen LogP contribution in [-0.4, -0.2) is 42.1 Å². The molecule has 0 aliphatic carbocycles. The third-order valence-electron chi connectivity index (χ3n) is 5.30. The summed E-state index contributed by atoms with van der Waals surface area (Å²) >= 11 is 0. The van der Waals surface area contributed by atoms with E-state index in [-0.39, 0.29) is 11.3 Å². The molecule has 0 saturated carbocycles. The largest absolute Gasteiger partial charge is 0.506 e. The Morgan fingerprint density at radius 3 is 2.19 bits per heavy atom. The zero-order chi connectivity index (χ0) is 19.4. The molecule has 2 aromatic carbocycles. The number of aromatic hydroxyl groups is 1. The standard InChI is InChI=1S/C23H30N2O2/c1-23(2,3)19-11-8-18(9-12-19)10-13-22(27)25-16-14-24(15-17-25)20-6-4-5-7-21(20)26/h4-9,11-12,26H,10,13-17H2,1-3H3. The van der Waals surface area contributed by atoms with Gasteiger partial charge >= 0.3 is 0 Å². The van der Waals surface area contributed by atoms with Crippen molar-refractivity contribution >= 4 is 11.6 Å². The molecule has 4 nitrogen and oxygen atoms in total. The molecule has 0 atom stereocenters. The number of benzene rings is 2. The minimum Gasteiger partial charge on any atom is -0.506 e. The van der Waals surface area contributed by atoms with Crippen LogP contribution in [0.3, 0.4) is 0 Å². The summed E-state index contributed by atoms with van der Waals surface area (Å²) in [5.41, 5.74) is 3.53. The third-order valence-corrected chi connectivity index (χ3v) is 5.30. The Kier molecular flexibility index (Phi) is 5.73. The smallest absolute Gasteiger partial charge is 0.223 e. The van der Waals surface area contributed by atoms with Crippen molar-refractivity contribution < 1.29 is 9.90 Å². The van der Waals surface area contributed by atoms with Gasteiger partial charge in [-0.15, -0.1) is 0 Å². The number of phenolic OH excluding ortho intramolecular Hbond substituents is 1. The number of amides is 1. The molecule has 0 aromatic heterocycles. The van der Waals surface area contributed by atoms with Crippen LogP contribution < -0.4 is 4.90 Å². The van der Waals surface area contributed by atoms with E-state index in [9.17, 15) is 9.90 Å². The lowest BCUT2D eigenvalue weighted by Crippen LogP contribution is -2.48. The van der Waals surface area contributed by atoms with Crippen LogP contribution in [0.25, 0.3) is 0 Å². The van der Waals surface area contributed by atoms with Gasteiger partial charge in [0.15, 0.2) is 0 Å². The molecule has 0 unspecified atom stereocenters. The molecule has 1 saturated heterocycles. The predicted molar refractivity (Wildman–Crippen MR) is 110 cm³/mol. The summed E-state index contributed by atoms with van der Waals surface area (Å²) in [4.78, 5) is 16.7. The van der Waals surface area contributed by atoms with E-state index in [4.69, 9.17) is 0 Å². The second-order valence-electron chi connectivity index (χ2n) is 8.30. The number of carbonyl (C=O) groups excluding carboxylic acids is 1. The molecule has 1 aliphatic rings. The van der Waals surface area contributed by atoms with Crippen LogP contribution >= 0.6 is 0 Å². The fourth-order valence-electron chi connectivity index (χ4n) is 3.51. The maximum Gasteiger partial charge on any atom is 0.223 e. The average molecular weight is 367 g/mol. The van der Waals surface area contributed by atoms with Gasteiger partial charge in [0, 0.05) is 32.6 Å². The van der Waals surface area contributed by atoms with E-state index in [0.717, 1.165) is 25.2 Å². The van der Waals surface area contributed by atoms with Crippen LogP contribution in [0.1, 0.15) is 38.3 Å². The highest BCUT2D eigenvalue weighted by atomic mass is 16.3. The second kappa shape index (κ2) is 8.03. The zero-order valence-corrected chi connectivity index (χ0v) is 16.6. The fourth-order valence-corrected chi connectivity index (χ4v) is 3.51. The molecular formula is C23H30N2O2. The maximum absolute atomic E-state index is 12.6. The maximum atomic E-state index is 12.6. The van der Waals surface area contributed by atoms with Gasteiger partial charge in [-0.1, -0.05) is 57.2 Å². The Hall–Kier alpha value is -2.49. The first-order valence-electron chi connectivity index (χ1n) is 9.75. The van der Waals surface area contributed by atoms with Gasteiger partial charge in [-0.2, -0.15) is 0 Å². The number of para-hydroxylation sites is 2. The predicted octanol–water partition coefficient (Wildman–Crippen LogP) is 3.97. The molecule has 0 radical (unpaired) electrons. The Morgan fingerprint density at radius 1 is 0.963 bits per heavy atom. The lowest BCUT2D eigenvalue weighted by atomic mass is 9.86. The van der Waals surface area contributed by atoms with Gasteiger partial charge < -0.3 is 14.9 Å². The molecule has 2 aromatic rings. The van der Waals surface area contributed by atoms with E-state index in [0.29, 0.717) is 25.3 Å². The summed E-state index contributed by atoms with van der Waals surface area (Å²) in [5, 5.41) is 10.00. The zero-order valence-electron chi connectivity index (χ0n) is 16.6. The van der Waals surface area contributed by atoms with E-state index >= 15 is 0 Å². The van der Waals surface area contributed by atoms with Crippen molar-refractivity contribution in [2.75, 3.05) is 31.1 Å². The van der Waals surface area contributed by atoms with Crippen LogP contribution in [-0.2, 0) is 16.6 Å². The quantitative estimate of drug-likeness (QED) is 0.890. The number of hydrogen-bond acceptors (Lipinski definition) is 3. The van der Waals surface area contributed by atoms with E-state index in [1.165, 1.54) is 11.1 Å². The summed E-state index contributed by atoms with van der Waals surface area (Å²) in [6.07, 6.45) is 1.33. The van der Waals surface area contributed by atoms with Crippen molar-refractivity contribution in [1.82, 2.24) is 4.90 Å². The molecule has 1 N–H and O–H groups in total. The Balaban J connectivity index is 1.49. The topological polar surface area (TPSA) is 43.8 Å². The molecule has 1 aliphatic heterocycles. The Bertz CT molecular complexity index is 770. The van der Waals surface area contributed by atoms with Crippen LogP contribution in [0, 0.1) is 0 Å². The highest BCUT2D eigenvalue weighted by Crippen LogP contribution is 2.27. The first-order valence-corrected chi connectivity index (χ1v) is 9.75. The molecule has 27 heavy (non-hydrogen) atoms. The van der Waals surface area contributed by atoms with Gasteiger partial charge in [-0.3, -0.25) is 4.79 Å². The van der Waals surface area contributed by atoms with Gasteiger partial charge in [0.2, 0.25) is 5.91 Å². The van der Waals surface area contributed by atoms with Gasteiger partial charge in [-0.25, -0.2) is 0 Å². The van der Waals surface area contributed by atoms with Gasteiger partial charge in [-0.05, 0) is 35.1 Å². The highest BCUT2D eigenvalue weighted by Gasteiger charge is 2.22. The lowest BCUT2D eigenvalue weighted by Gasteiger charge is -2.36. The number of carbonyl (C=O) groups is 1. The van der Waals surface area contributed by atoms with Gasteiger partial charge in [0.05, 0.1) is 5.69 Å². The second-order valence-corrected chi connectivity index (χ2v) is 8.30. The minimum atomic E-state index is 0.154. The molecule has 0 bridgehead atoms. The van der Waals surface area contributed by atoms with E-state index in [1.807, 2.05) is 23.1 Å². The Labute approximate surface area is 162 Å². The van der Waals surface area contributed by atoms with Crippen molar-refractivity contribution in [1.29, 1.82) is 0 Å². The highest BCUT2D eigenvalue weighted by molar-refractivity contribution is 5.77. The van der Waals surface area contributed by atoms with Crippen molar-refractivity contribution in [3.05, 3.63) is 59.7 Å². The first-order chi connectivity index (χ1) is 12.8. The lowest BCUT2D eigenvalue weighted by molar-refractivity contribution is -0.131. The van der Waals surface area contributed by atoms with Crippen molar-refractivity contribution in [3.8, 4) is 5.75 Å². The van der Waals surface area contributed by atoms with Crippen molar-refractivity contribution in [2.45, 2.75) is 39.0 Å². The molecule has 144 valence electrons. The average Bonchev–Trinajstić information content (AvgIpc) is 2.66.